The quantitative estimate of drug-likeness (QED) is 0.164. The van der Waals surface area contributed by atoms with Crippen LogP contribution < -0.4 is 0 Å². The Labute approximate surface area is 297 Å². The molecule has 0 fully saturated rings. The van der Waals surface area contributed by atoms with Gasteiger partial charge < -0.3 is 0 Å². The predicted molar refractivity (Wildman–Crippen MR) is 221 cm³/mol. The van der Waals surface area contributed by atoms with E-state index < -0.39 is 0 Å². The Morgan fingerprint density at radius 2 is 0.720 bits per heavy atom. The second kappa shape index (κ2) is 10.9. The van der Waals surface area contributed by atoms with Gasteiger partial charge in [-0.05, 0) is 90.0 Å². The number of fused-ring (bicyclic) bond motifs is 9. The van der Waals surface area contributed by atoms with Gasteiger partial charge in [0.2, 0.25) is 0 Å². The number of hydrogen-bond donors (Lipinski definition) is 0. The van der Waals surface area contributed by atoms with Crippen LogP contribution in [0.5, 0.6) is 0 Å². The highest BCUT2D eigenvalue weighted by atomic mass is 32.1. The van der Waals surface area contributed by atoms with Crippen LogP contribution in [0.2, 0.25) is 0 Å². The van der Waals surface area contributed by atoms with E-state index in [4.69, 9.17) is 0 Å². The highest BCUT2D eigenvalue weighted by Crippen LogP contribution is 2.48. The first-order valence-electron chi connectivity index (χ1n) is 17.1. The average molecular weight is 669 g/mol. The van der Waals surface area contributed by atoms with Gasteiger partial charge in [-0.2, -0.15) is 0 Å². The van der Waals surface area contributed by atoms with Crippen LogP contribution in [0.3, 0.4) is 0 Å². The van der Waals surface area contributed by atoms with Crippen LogP contribution in [0.1, 0.15) is 0 Å². The molecule has 0 nitrogen and oxygen atoms in total. The summed E-state index contributed by atoms with van der Waals surface area (Å²) in [5, 5.41) is 13.1. The monoisotopic (exact) mass is 668 g/mol. The number of hydrogen-bond acceptors (Lipinski definition) is 2. The van der Waals surface area contributed by atoms with Gasteiger partial charge in [0, 0.05) is 40.3 Å². The normalized spacial score (nSPS) is 12.0. The van der Waals surface area contributed by atoms with Gasteiger partial charge in [0.25, 0.3) is 0 Å². The first-order valence-corrected chi connectivity index (χ1v) is 18.7. The van der Waals surface area contributed by atoms with Gasteiger partial charge in [-0.25, -0.2) is 0 Å². The van der Waals surface area contributed by atoms with Crippen LogP contribution in [0.4, 0.5) is 0 Å². The molecule has 0 radical (unpaired) electrons. The van der Waals surface area contributed by atoms with Crippen molar-refractivity contribution < 1.29 is 0 Å². The van der Waals surface area contributed by atoms with E-state index in [-0.39, 0.29) is 0 Å². The Kier molecular flexibility index (Phi) is 6.09. The van der Waals surface area contributed by atoms with E-state index in [1.807, 2.05) is 22.7 Å². The van der Waals surface area contributed by atoms with E-state index in [2.05, 4.69) is 170 Å². The molecule has 0 aliphatic rings. The molecule has 2 aromatic heterocycles. The van der Waals surface area contributed by atoms with Gasteiger partial charge in [0.15, 0.2) is 0 Å². The Morgan fingerprint density at radius 1 is 0.240 bits per heavy atom. The molecule has 232 valence electrons. The molecule has 2 heteroatoms. The fourth-order valence-corrected chi connectivity index (χ4v) is 10.6. The van der Waals surface area contributed by atoms with Crippen molar-refractivity contribution in [2.75, 3.05) is 0 Å². The zero-order valence-electron chi connectivity index (χ0n) is 27.0. The smallest absolute Gasteiger partial charge is 0.0369 e. The van der Waals surface area contributed by atoms with E-state index >= 15 is 0 Å². The maximum Gasteiger partial charge on any atom is 0.0369 e. The van der Waals surface area contributed by atoms with Crippen molar-refractivity contribution >= 4 is 95.3 Å². The Hall–Kier alpha value is -5.80. The Morgan fingerprint density at radius 3 is 1.40 bits per heavy atom. The van der Waals surface area contributed by atoms with Crippen molar-refractivity contribution in [1.82, 2.24) is 0 Å². The standard InChI is InChI=1S/C48H28S2/c1-2-12-29(13-3-1)31-24-25-40(33-15-5-4-14-32(31)33)48-38-19-8-6-17-36(38)47(37-18-7-9-20-39(37)48)30-22-23-35-42-27-41-34-16-10-11-21-43(34)49-45(41)28-46(42)50-44(35)26-30/h1-28H. The van der Waals surface area contributed by atoms with Crippen LogP contribution in [0, 0.1) is 0 Å². The van der Waals surface area contributed by atoms with Crippen LogP contribution in [-0.2, 0) is 0 Å². The summed E-state index contributed by atoms with van der Waals surface area (Å²) in [4.78, 5) is 0. The second-order valence-electron chi connectivity index (χ2n) is 13.2. The number of benzene rings is 9. The van der Waals surface area contributed by atoms with Gasteiger partial charge >= 0.3 is 0 Å². The highest BCUT2D eigenvalue weighted by Gasteiger charge is 2.20. The summed E-state index contributed by atoms with van der Waals surface area (Å²) in [5.74, 6) is 0. The van der Waals surface area contributed by atoms with Crippen molar-refractivity contribution in [2.24, 2.45) is 0 Å². The van der Waals surface area contributed by atoms with Crippen LogP contribution in [0.25, 0.3) is 106 Å². The molecule has 0 saturated heterocycles. The summed E-state index contributed by atoms with van der Waals surface area (Å²) in [6, 6.07) is 63.1. The van der Waals surface area contributed by atoms with E-state index in [1.54, 1.807) is 0 Å². The van der Waals surface area contributed by atoms with Gasteiger partial charge in [-0.15, -0.1) is 22.7 Å². The highest BCUT2D eigenvalue weighted by molar-refractivity contribution is 7.28. The third kappa shape index (κ3) is 4.10. The Balaban J connectivity index is 1.16. The maximum atomic E-state index is 2.43. The minimum Gasteiger partial charge on any atom is -0.135 e. The van der Waals surface area contributed by atoms with Crippen molar-refractivity contribution in [3.05, 3.63) is 170 Å². The van der Waals surface area contributed by atoms with E-state index in [0.29, 0.717) is 0 Å². The fourth-order valence-electron chi connectivity index (χ4n) is 8.27. The molecule has 11 rings (SSSR count). The maximum absolute atomic E-state index is 2.43. The molecule has 0 spiro atoms. The van der Waals surface area contributed by atoms with Gasteiger partial charge in [0.05, 0.1) is 0 Å². The molecule has 11 aromatic rings. The zero-order valence-corrected chi connectivity index (χ0v) is 28.6. The van der Waals surface area contributed by atoms with Crippen molar-refractivity contribution in [2.45, 2.75) is 0 Å². The molecule has 0 unspecified atom stereocenters. The van der Waals surface area contributed by atoms with Crippen molar-refractivity contribution in [3.8, 4) is 33.4 Å². The fraction of sp³-hybridized carbons (Fsp3) is 0. The van der Waals surface area contributed by atoms with Crippen LogP contribution in [0.15, 0.2) is 170 Å². The Bertz CT molecular complexity index is 3080. The summed E-state index contributed by atoms with van der Waals surface area (Å²) in [6.07, 6.45) is 0. The summed E-state index contributed by atoms with van der Waals surface area (Å²) in [6.45, 7) is 0. The lowest BCUT2D eigenvalue weighted by Gasteiger charge is -2.19. The number of rotatable bonds is 3. The lowest BCUT2D eigenvalue weighted by atomic mass is 9.84. The van der Waals surface area contributed by atoms with E-state index in [9.17, 15) is 0 Å². The van der Waals surface area contributed by atoms with Crippen LogP contribution in [-0.4, -0.2) is 0 Å². The molecule has 0 N–H and O–H groups in total. The van der Waals surface area contributed by atoms with Crippen LogP contribution >= 0.6 is 22.7 Å². The van der Waals surface area contributed by atoms with E-state index in [1.165, 1.54) is 106 Å². The first-order chi connectivity index (χ1) is 24.8. The molecule has 0 aliphatic carbocycles. The lowest BCUT2D eigenvalue weighted by molar-refractivity contribution is 1.64. The molecule has 0 amide bonds. The van der Waals surface area contributed by atoms with Gasteiger partial charge in [-0.1, -0.05) is 146 Å². The lowest BCUT2D eigenvalue weighted by Crippen LogP contribution is -1.92. The third-order valence-corrected chi connectivity index (χ3v) is 12.7. The molecule has 0 saturated carbocycles. The summed E-state index contributed by atoms with van der Waals surface area (Å²) in [5.41, 5.74) is 7.64. The summed E-state index contributed by atoms with van der Waals surface area (Å²) in [7, 11) is 0. The minimum atomic E-state index is 1.24. The molecular weight excluding hydrogens is 641 g/mol. The van der Waals surface area contributed by atoms with Gasteiger partial charge in [-0.3, -0.25) is 0 Å². The molecule has 9 aromatic carbocycles. The zero-order chi connectivity index (χ0) is 32.8. The van der Waals surface area contributed by atoms with Gasteiger partial charge in [0.1, 0.15) is 0 Å². The predicted octanol–water partition coefficient (Wildman–Crippen LogP) is 14.9. The summed E-state index contributed by atoms with van der Waals surface area (Å²) < 4.78 is 5.41. The topological polar surface area (TPSA) is 0 Å². The number of thiophene rings is 2. The minimum absolute atomic E-state index is 1.24. The molecule has 0 atom stereocenters. The van der Waals surface area contributed by atoms with Crippen molar-refractivity contribution in [1.29, 1.82) is 0 Å². The SMILES string of the molecule is c1ccc(-c2ccc(-c3c4ccccc4c(-c4ccc5c(c4)sc4cc6sc7ccccc7c6cc45)c4ccccc34)c3ccccc23)cc1. The third-order valence-electron chi connectivity index (χ3n) is 10.5. The van der Waals surface area contributed by atoms with Crippen molar-refractivity contribution in [3.63, 3.8) is 0 Å². The molecule has 50 heavy (non-hydrogen) atoms. The average Bonchev–Trinajstić information content (AvgIpc) is 3.72. The molecule has 0 bridgehead atoms. The first kappa shape index (κ1) is 28.1. The van der Waals surface area contributed by atoms with E-state index in [0.717, 1.165) is 0 Å². The molecular formula is C48H28S2. The molecule has 0 aliphatic heterocycles. The molecule has 2 heterocycles. The largest absolute Gasteiger partial charge is 0.135 e. The summed E-state index contributed by atoms with van der Waals surface area (Å²) >= 11 is 3.81. The second-order valence-corrected chi connectivity index (χ2v) is 15.3.